The molecule has 1 aliphatic heterocycles. The zero-order chi connectivity index (χ0) is 13.9. The Morgan fingerprint density at radius 2 is 2.05 bits per heavy atom. The highest BCUT2D eigenvalue weighted by Crippen LogP contribution is 2.27. The maximum Gasteiger partial charge on any atom is 0.193 e. The van der Waals surface area contributed by atoms with Gasteiger partial charge in [-0.05, 0) is 42.8 Å². The van der Waals surface area contributed by atoms with Crippen molar-refractivity contribution in [1.29, 1.82) is 0 Å². The number of hydrogen-bond acceptors (Lipinski definition) is 3. The summed E-state index contributed by atoms with van der Waals surface area (Å²) >= 11 is 0. The van der Waals surface area contributed by atoms with E-state index in [1.165, 1.54) is 0 Å². The second kappa shape index (κ2) is 5.37. The van der Waals surface area contributed by atoms with Crippen molar-refractivity contribution in [1.82, 2.24) is 0 Å². The number of hydrogen-bond donors (Lipinski definition) is 0. The summed E-state index contributed by atoms with van der Waals surface area (Å²) in [6.07, 6.45) is 0.870. The van der Waals surface area contributed by atoms with Gasteiger partial charge in [0.05, 0.1) is 13.2 Å². The number of fused-ring (bicyclic) bond motifs is 1. The molecule has 3 nitrogen and oxygen atoms in total. The fourth-order valence-corrected chi connectivity index (χ4v) is 2.39. The van der Waals surface area contributed by atoms with Crippen LogP contribution >= 0.6 is 0 Å². The van der Waals surface area contributed by atoms with Crippen molar-refractivity contribution in [2.24, 2.45) is 0 Å². The molecule has 0 aliphatic carbocycles. The number of benzene rings is 2. The van der Waals surface area contributed by atoms with Gasteiger partial charge in [-0.2, -0.15) is 0 Å². The molecule has 0 radical (unpaired) electrons. The predicted molar refractivity (Wildman–Crippen MR) is 76.7 cm³/mol. The van der Waals surface area contributed by atoms with Gasteiger partial charge in [0.15, 0.2) is 5.78 Å². The van der Waals surface area contributed by atoms with E-state index in [0.29, 0.717) is 24.3 Å². The van der Waals surface area contributed by atoms with Crippen molar-refractivity contribution in [3.63, 3.8) is 0 Å². The Hall–Kier alpha value is -2.29. The van der Waals surface area contributed by atoms with E-state index >= 15 is 0 Å². The van der Waals surface area contributed by atoms with E-state index in [1.807, 2.05) is 43.3 Å². The lowest BCUT2D eigenvalue weighted by Gasteiger charge is -2.06. The lowest BCUT2D eigenvalue weighted by Crippen LogP contribution is -2.02. The van der Waals surface area contributed by atoms with E-state index in [1.54, 1.807) is 6.07 Å². The van der Waals surface area contributed by atoms with Crippen molar-refractivity contribution < 1.29 is 14.3 Å². The predicted octanol–water partition coefficient (Wildman–Crippen LogP) is 3.25. The summed E-state index contributed by atoms with van der Waals surface area (Å²) in [5.74, 6) is 1.63. The van der Waals surface area contributed by atoms with Gasteiger partial charge < -0.3 is 9.47 Å². The van der Waals surface area contributed by atoms with Gasteiger partial charge in [-0.15, -0.1) is 0 Å². The number of ether oxygens (including phenoxy) is 2. The molecule has 0 atom stereocenters. The summed E-state index contributed by atoms with van der Waals surface area (Å²) in [6, 6.07) is 12.9. The maximum atomic E-state index is 12.5. The molecule has 0 bridgehead atoms. The molecule has 1 heterocycles. The Kier molecular flexibility index (Phi) is 3.42. The first-order chi connectivity index (χ1) is 9.78. The number of carbonyl (C=O) groups excluding carboxylic acids is 1. The first-order valence-electron chi connectivity index (χ1n) is 6.81. The zero-order valence-electron chi connectivity index (χ0n) is 11.4. The van der Waals surface area contributed by atoms with Crippen LogP contribution in [0.15, 0.2) is 42.5 Å². The standard InChI is InChI=1S/C17H16O3/c1-2-19-15-5-3-4-13(11-15)17(18)14-6-7-16-12(10-14)8-9-20-16/h3-7,10-11H,2,8-9H2,1H3. The summed E-state index contributed by atoms with van der Waals surface area (Å²) in [5.41, 5.74) is 2.45. The Balaban J connectivity index is 1.90. The van der Waals surface area contributed by atoms with Gasteiger partial charge in [0, 0.05) is 17.5 Å². The molecule has 0 fully saturated rings. The lowest BCUT2D eigenvalue weighted by atomic mass is 10.0. The molecule has 0 unspecified atom stereocenters. The molecule has 2 aromatic carbocycles. The Morgan fingerprint density at radius 1 is 1.20 bits per heavy atom. The van der Waals surface area contributed by atoms with Crippen LogP contribution in [0.3, 0.4) is 0 Å². The lowest BCUT2D eigenvalue weighted by molar-refractivity contribution is 0.103. The van der Waals surface area contributed by atoms with Crippen molar-refractivity contribution in [2.45, 2.75) is 13.3 Å². The van der Waals surface area contributed by atoms with Gasteiger partial charge in [0.2, 0.25) is 0 Å². The van der Waals surface area contributed by atoms with Crippen LogP contribution in [0.2, 0.25) is 0 Å². The molecule has 0 spiro atoms. The van der Waals surface area contributed by atoms with Crippen LogP contribution in [0.5, 0.6) is 11.5 Å². The monoisotopic (exact) mass is 268 g/mol. The largest absolute Gasteiger partial charge is 0.494 e. The molecule has 3 heteroatoms. The highest BCUT2D eigenvalue weighted by atomic mass is 16.5. The van der Waals surface area contributed by atoms with Crippen molar-refractivity contribution in [3.8, 4) is 11.5 Å². The van der Waals surface area contributed by atoms with Gasteiger partial charge in [-0.25, -0.2) is 0 Å². The van der Waals surface area contributed by atoms with Gasteiger partial charge in [0.1, 0.15) is 11.5 Å². The molecular formula is C17H16O3. The third kappa shape index (κ3) is 2.39. The Bertz CT molecular complexity index is 646. The normalized spacial score (nSPS) is 12.7. The van der Waals surface area contributed by atoms with E-state index in [9.17, 15) is 4.79 Å². The molecule has 20 heavy (non-hydrogen) atoms. The molecule has 0 aromatic heterocycles. The zero-order valence-corrected chi connectivity index (χ0v) is 11.4. The highest BCUT2D eigenvalue weighted by Gasteiger charge is 2.16. The van der Waals surface area contributed by atoms with Crippen LogP contribution in [0.1, 0.15) is 28.4 Å². The van der Waals surface area contributed by atoms with Gasteiger partial charge in [-0.1, -0.05) is 12.1 Å². The summed E-state index contributed by atoms with van der Waals surface area (Å²) in [5, 5.41) is 0. The number of carbonyl (C=O) groups is 1. The third-order valence-electron chi connectivity index (χ3n) is 3.36. The van der Waals surface area contributed by atoms with Crippen LogP contribution in [0, 0.1) is 0 Å². The molecule has 0 saturated heterocycles. The van der Waals surface area contributed by atoms with E-state index in [-0.39, 0.29) is 5.78 Å². The van der Waals surface area contributed by atoms with Crippen molar-refractivity contribution in [2.75, 3.05) is 13.2 Å². The van der Waals surface area contributed by atoms with Crippen molar-refractivity contribution in [3.05, 3.63) is 59.2 Å². The maximum absolute atomic E-state index is 12.5. The molecule has 102 valence electrons. The van der Waals surface area contributed by atoms with Crippen LogP contribution in [-0.2, 0) is 6.42 Å². The second-order valence-electron chi connectivity index (χ2n) is 4.71. The molecule has 0 saturated carbocycles. The molecule has 2 aromatic rings. The van der Waals surface area contributed by atoms with Gasteiger partial charge >= 0.3 is 0 Å². The minimum Gasteiger partial charge on any atom is -0.494 e. The molecule has 3 rings (SSSR count). The van der Waals surface area contributed by atoms with E-state index in [0.717, 1.165) is 23.5 Å². The molecule has 1 aliphatic rings. The Morgan fingerprint density at radius 3 is 2.90 bits per heavy atom. The third-order valence-corrected chi connectivity index (χ3v) is 3.36. The SMILES string of the molecule is CCOc1cccc(C(=O)c2ccc3c(c2)CCO3)c1. The second-order valence-corrected chi connectivity index (χ2v) is 4.71. The van der Waals surface area contributed by atoms with E-state index in [4.69, 9.17) is 9.47 Å². The van der Waals surface area contributed by atoms with Gasteiger partial charge in [0.25, 0.3) is 0 Å². The average Bonchev–Trinajstić information content (AvgIpc) is 2.94. The van der Waals surface area contributed by atoms with Crippen LogP contribution in [0.25, 0.3) is 0 Å². The summed E-state index contributed by atoms with van der Waals surface area (Å²) in [6.45, 7) is 3.22. The number of ketones is 1. The molecular weight excluding hydrogens is 252 g/mol. The minimum absolute atomic E-state index is 0.0150. The smallest absolute Gasteiger partial charge is 0.193 e. The van der Waals surface area contributed by atoms with Crippen LogP contribution in [0.4, 0.5) is 0 Å². The molecule has 0 N–H and O–H groups in total. The summed E-state index contributed by atoms with van der Waals surface area (Å²) < 4.78 is 10.9. The fraction of sp³-hybridized carbons (Fsp3) is 0.235. The van der Waals surface area contributed by atoms with E-state index in [2.05, 4.69) is 0 Å². The minimum atomic E-state index is 0.0150. The van der Waals surface area contributed by atoms with Crippen LogP contribution in [-0.4, -0.2) is 19.0 Å². The van der Waals surface area contributed by atoms with Gasteiger partial charge in [-0.3, -0.25) is 4.79 Å². The summed E-state index contributed by atoms with van der Waals surface area (Å²) in [7, 11) is 0. The van der Waals surface area contributed by atoms with Crippen LogP contribution < -0.4 is 9.47 Å². The topological polar surface area (TPSA) is 35.5 Å². The average molecular weight is 268 g/mol. The summed E-state index contributed by atoms with van der Waals surface area (Å²) in [4.78, 5) is 12.5. The number of rotatable bonds is 4. The highest BCUT2D eigenvalue weighted by molar-refractivity contribution is 6.09. The first-order valence-corrected chi connectivity index (χ1v) is 6.81. The first kappa shape index (κ1) is 12.7. The fourth-order valence-electron chi connectivity index (χ4n) is 2.39. The Labute approximate surface area is 118 Å². The quantitative estimate of drug-likeness (QED) is 0.798. The molecule has 0 amide bonds. The van der Waals surface area contributed by atoms with E-state index < -0.39 is 0 Å². The van der Waals surface area contributed by atoms with Crippen molar-refractivity contribution >= 4 is 5.78 Å².